The van der Waals surface area contributed by atoms with Crippen LogP contribution in [0.4, 0.5) is 0 Å². The quantitative estimate of drug-likeness (QED) is 0.494. The van der Waals surface area contributed by atoms with Gasteiger partial charge < -0.3 is 9.30 Å². The van der Waals surface area contributed by atoms with Crippen molar-refractivity contribution in [2.45, 2.75) is 32.4 Å². The van der Waals surface area contributed by atoms with E-state index in [4.69, 9.17) is 4.74 Å². The normalized spacial score (nSPS) is 12.1. The van der Waals surface area contributed by atoms with Crippen molar-refractivity contribution in [3.05, 3.63) is 35.4 Å². The van der Waals surface area contributed by atoms with Crippen LogP contribution in [0.1, 0.15) is 0 Å². The fourth-order valence-corrected chi connectivity index (χ4v) is 3.68. The van der Waals surface area contributed by atoms with Gasteiger partial charge in [-0.2, -0.15) is 11.3 Å². The maximum Gasteiger partial charge on any atom is 0.145 e. The number of thiophene rings is 1. The van der Waals surface area contributed by atoms with Crippen LogP contribution >= 0.6 is 11.3 Å². The Morgan fingerprint density at radius 2 is 2.09 bits per heavy atom. The van der Waals surface area contributed by atoms with Gasteiger partial charge in [0.25, 0.3) is 0 Å². The summed E-state index contributed by atoms with van der Waals surface area (Å²) < 4.78 is 7.88. The molecule has 3 rings (SSSR count). The van der Waals surface area contributed by atoms with Crippen molar-refractivity contribution in [2.24, 2.45) is 0 Å². The van der Waals surface area contributed by atoms with Gasteiger partial charge in [-0.3, -0.25) is 0 Å². The van der Waals surface area contributed by atoms with E-state index in [9.17, 15) is 0 Å². The second-order valence-electron chi connectivity index (χ2n) is 6.61. The van der Waals surface area contributed by atoms with Gasteiger partial charge in [0.15, 0.2) is 0 Å². The molecular weight excluding hydrogens is 310 g/mol. The highest BCUT2D eigenvalue weighted by atomic mass is 32.1. The van der Waals surface area contributed by atoms with Gasteiger partial charge in [0.1, 0.15) is 18.7 Å². The van der Waals surface area contributed by atoms with Crippen LogP contribution in [0.2, 0.25) is 25.7 Å². The molecule has 0 radical (unpaired) electrons. The standard InChI is InChI=1S/C16H21N3OSSi/c1-22(2,3)9-7-20-12-19-6-4-14-15(13-5-8-21-10-13)17-11-18-16(14)19/h4-6,8,10-11H,7,9,12H2,1-3H3. The van der Waals surface area contributed by atoms with Gasteiger partial charge in [-0.1, -0.05) is 19.6 Å². The van der Waals surface area contributed by atoms with Crippen molar-refractivity contribution >= 4 is 30.4 Å². The Hall–Kier alpha value is -1.50. The van der Waals surface area contributed by atoms with Gasteiger partial charge in [0.05, 0.1) is 5.69 Å². The third-order valence-electron chi connectivity index (χ3n) is 3.58. The molecule has 0 unspecified atom stereocenters. The minimum Gasteiger partial charge on any atom is -0.361 e. The third-order valence-corrected chi connectivity index (χ3v) is 5.96. The molecule has 0 spiro atoms. The highest BCUT2D eigenvalue weighted by molar-refractivity contribution is 7.08. The Kier molecular flexibility index (Phi) is 4.42. The Balaban J connectivity index is 1.77. The molecule has 0 bridgehead atoms. The summed E-state index contributed by atoms with van der Waals surface area (Å²) in [5, 5.41) is 5.26. The Bertz CT molecular complexity index is 746. The van der Waals surface area contributed by atoms with E-state index in [0.29, 0.717) is 6.73 Å². The van der Waals surface area contributed by atoms with Crippen molar-refractivity contribution in [1.82, 2.24) is 14.5 Å². The zero-order valence-corrected chi connectivity index (χ0v) is 15.1. The number of fused-ring (bicyclic) bond motifs is 1. The van der Waals surface area contributed by atoms with Crippen LogP contribution in [0.15, 0.2) is 35.4 Å². The largest absolute Gasteiger partial charge is 0.361 e. The topological polar surface area (TPSA) is 39.9 Å². The van der Waals surface area contributed by atoms with Gasteiger partial charge in [0, 0.05) is 37.2 Å². The first kappa shape index (κ1) is 15.4. The van der Waals surface area contributed by atoms with Crippen molar-refractivity contribution < 1.29 is 4.74 Å². The second kappa shape index (κ2) is 6.32. The molecule has 0 atom stereocenters. The molecule has 0 aromatic carbocycles. The van der Waals surface area contributed by atoms with Gasteiger partial charge >= 0.3 is 0 Å². The number of ether oxygens (including phenoxy) is 1. The van der Waals surface area contributed by atoms with Gasteiger partial charge in [-0.05, 0) is 23.6 Å². The molecule has 0 saturated carbocycles. The second-order valence-corrected chi connectivity index (χ2v) is 13.0. The highest BCUT2D eigenvalue weighted by Crippen LogP contribution is 2.27. The lowest BCUT2D eigenvalue weighted by Crippen LogP contribution is -2.22. The Morgan fingerprint density at radius 1 is 1.23 bits per heavy atom. The maximum absolute atomic E-state index is 5.83. The smallest absolute Gasteiger partial charge is 0.145 e. The Labute approximate surface area is 135 Å². The molecule has 4 nitrogen and oxygen atoms in total. The fourth-order valence-electron chi connectivity index (χ4n) is 2.28. The van der Waals surface area contributed by atoms with Crippen LogP contribution in [0.3, 0.4) is 0 Å². The summed E-state index contributed by atoms with van der Waals surface area (Å²) >= 11 is 1.68. The fraction of sp³-hybridized carbons (Fsp3) is 0.375. The van der Waals surface area contributed by atoms with Crippen LogP contribution in [0.5, 0.6) is 0 Å². The predicted octanol–water partition coefficient (Wildman–Crippen LogP) is 4.47. The molecule has 0 aliphatic rings. The van der Waals surface area contributed by atoms with Gasteiger partial charge in [0.2, 0.25) is 0 Å². The lowest BCUT2D eigenvalue weighted by Gasteiger charge is -2.15. The molecular formula is C16H21N3OSSi. The van der Waals surface area contributed by atoms with Crippen molar-refractivity contribution in [1.29, 1.82) is 0 Å². The van der Waals surface area contributed by atoms with Crippen molar-refractivity contribution in [3.8, 4) is 11.3 Å². The van der Waals surface area contributed by atoms with E-state index >= 15 is 0 Å². The van der Waals surface area contributed by atoms with Crippen LogP contribution < -0.4 is 0 Å². The lowest BCUT2D eigenvalue weighted by molar-refractivity contribution is 0.0899. The predicted molar refractivity (Wildman–Crippen MR) is 94.9 cm³/mol. The first-order valence-electron chi connectivity index (χ1n) is 7.45. The van der Waals surface area contributed by atoms with E-state index in [1.165, 1.54) is 6.04 Å². The van der Waals surface area contributed by atoms with Gasteiger partial charge in [-0.25, -0.2) is 9.97 Å². The van der Waals surface area contributed by atoms with Crippen LogP contribution in [-0.2, 0) is 11.5 Å². The molecule has 3 aromatic rings. The van der Waals surface area contributed by atoms with Crippen LogP contribution in [0.25, 0.3) is 22.3 Å². The molecule has 0 saturated heterocycles. The molecule has 3 heterocycles. The minimum atomic E-state index is -1.04. The summed E-state index contributed by atoms with van der Waals surface area (Å²) in [7, 11) is -1.04. The SMILES string of the molecule is C[Si](C)(C)CCOCn1ccc2c(-c3ccsc3)ncnc21. The number of hydrogen-bond donors (Lipinski definition) is 0. The minimum absolute atomic E-state index is 0.550. The number of hydrogen-bond acceptors (Lipinski definition) is 4. The summed E-state index contributed by atoms with van der Waals surface area (Å²) in [6, 6.07) is 5.35. The summed E-state index contributed by atoms with van der Waals surface area (Å²) in [6.07, 6.45) is 3.66. The first-order chi connectivity index (χ1) is 10.5. The summed E-state index contributed by atoms with van der Waals surface area (Å²) in [5.74, 6) is 0. The van der Waals surface area contributed by atoms with E-state index in [1.807, 2.05) is 6.20 Å². The molecule has 6 heteroatoms. The molecule has 116 valence electrons. The van der Waals surface area contributed by atoms with Crippen LogP contribution in [-0.4, -0.2) is 29.2 Å². The molecule has 0 amide bonds. The highest BCUT2D eigenvalue weighted by Gasteiger charge is 2.13. The number of nitrogens with zero attached hydrogens (tertiary/aromatic N) is 3. The zero-order chi connectivity index (χ0) is 15.6. The molecule has 0 aliphatic carbocycles. The summed E-state index contributed by atoms with van der Waals surface area (Å²) in [6.45, 7) is 8.46. The monoisotopic (exact) mass is 331 g/mol. The Morgan fingerprint density at radius 3 is 2.82 bits per heavy atom. The first-order valence-corrected chi connectivity index (χ1v) is 12.1. The number of rotatable bonds is 6. The molecule has 0 N–H and O–H groups in total. The van der Waals surface area contributed by atoms with E-state index in [2.05, 4.69) is 57.1 Å². The number of aromatic nitrogens is 3. The summed E-state index contributed by atoms with van der Waals surface area (Å²) in [5.41, 5.74) is 3.08. The molecule has 0 fully saturated rings. The third kappa shape index (κ3) is 3.45. The molecule has 0 aliphatic heterocycles. The van der Waals surface area contributed by atoms with E-state index < -0.39 is 8.07 Å². The molecule has 22 heavy (non-hydrogen) atoms. The maximum atomic E-state index is 5.83. The zero-order valence-electron chi connectivity index (χ0n) is 13.2. The van der Waals surface area contributed by atoms with E-state index in [0.717, 1.165) is 28.9 Å². The van der Waals surface area contributed by atoms with Crippen molar-refractivity contribution in [3.63, 3.8) is 0 Å². The summed E-state index contributed by atoms with van der Waals surface area (Å²) in [4.78, 5) is 8.86. The van der Waals surface area contributed by atoms with Crippen LogP contribution in [0, 0.1) is 0 Å². The molecule has 3 aromatic heterocycles. The lowest BCUT2D eigenvalue weighted by atomic mass is 10.2. The van der Waals surface area contributed by atoms with E-state index in [1.54, 1.807) is 17.7 Å². The van der Waals surface area contributed by atoms with E-state index in [-0.39, 0.29) is 0 Å². The average Bonchev–Trinajstić information content (AvgIpc) is 3.12. The average molecular weight is 332 g/mol. The van der Waals surface area contributed by atoms with Gasteiger partial charge in [-0.15, -0.1) is 0 Å². The van der Waals surface area contributed by atoms with Crippen molar-refractivity contribution in [2.75, 3.05) is 6.61 Å².